The van der Waals surface area contributed by atoms with E-state index in [0.29, 0.717) is 12.8 Å². The molecule has 0 aromatic heterocycles. The number of benzene rings is 2. The number of ether oxygens (including phenoxy) is 1. The fourth-order valence-electron chi connectivity index (χ4n) is 3.82. The van der Waals surface area contributed by atoms with Crippen molar-refractivity contribution in [1.29, 1.82) is 0 Å². The molecule has 0 heterocycles. The van der Waals surface area contributed by atoms with E-state index in [-0.39, 0.29) is 24.2 Å². The third-order valence-electron chi connectivity index (χ3n) is 5.51. The van der Waals surface area contributed by atoms with Crippen molar-refractivity contribution in [2.75, 3.05) is 13.2 Å². The van der Waals surface area contributed by atoms with E-state index >= 15 is 0 Å². The maximum atomic E-state index is 11.1. The van der Waals surface area contributed by atoms with Crippen LogP contribution >= 0.6 is 0 Å². The number of rotatable bonds is 10. The first-order valence-corrected chi connectivity index (χ1v) is 12.7. The molecule has 2 aromatic carbocycles. The average molecular weight is 441 g/mol. The van der Waals surface area contributed by atoms with Crippen molar-refractivity contribution in [2.45, 2.75) is 58.1 Å². The Morgan fingerprint density at radius 1 is 0.968 bits per heavy atom. The fraction of sp³-hybridized carbons (Fsp3) is 0.423. The predicted molar refractivity (Wildman–Crippen MR) is 129 cm³/mol. The Labute approximate surface area is 188 Å². The zero-order valence-corrected chi connectivity index (χ0v) is 20.5. The van der Waals surface area contributed by atoms with Crippen LogP contribution in [0, 0.1) is 0 Å². The highest BCUT2D eigenvalue weighted by Gasteiger charge is 2.50. The van der Waals surface area contributed by atoms with Crippen LogP contribution < -0.4 is 10.4 Å². The average Bonchev–Trinajstić information content (AvgIpc) is 2.72. The fourth-order valence-corrected chi connectivity index (χ4v) is 8.50. The first-order chi connectivity index (χ1) is 14.5. The Kier molecular flexibility index (Phi) is 8.40. The van der Waals surface area contributed by atoms with Crippen LogP contribution in [0.25, 0.3) is 0 Å². The highest BCUT2D eigenvalue weighted by Crippen LogP contribution is 2.37. The summed E-state index contributed by atoms with van der Waals surface area (Å²) in [5, 5.41) is 13.3. The molecule has 0 fully saturated rings. The van der Waals surface area contributed by atoms with Gasteiger partial charge in [-0.15, -0.1) is 0 Å². The van der Waals surface area contributed by atoms with Crippen LogP contribution in [0.5, 0.6) is 0 Å². The minimum absolute atomic E-state index is 0.148. The van der Waals surface area contributed by atoms with Gasteiger partial charge in [-0.1, -0.05) is 88.0 Å². The maximum Gasteiger partial charge on any atom is 0.302 e. The van der Waals surface area contributed by atoms with Crippen LogP contribution in [-0.2, 0) is 14.0 Å². The Morgan fingerprint density at radius 2 is 1.45 bits per heavy atom. The molecule has 0 saturated carbocycles. The van der Waals surface area contributed by atoms with Gasteiger partial charge in [-0.2, -0.15) is 0 Å². The van der Waals surface area contributed by atoms with Gasteiger partial charge in [0.05, 0.1) is 12.2 Å². The second-order valence-corrected chi connectivity index (χ2v) is 13.8. The minimum atomic E-state index is -2.70. The lowest BCUT2D eigenvalue weighted by Gasteiger charge is -2.44. The summed E-state index contributed by atoms with van der Waals surface area (Å²) in [6, 6.07) is 20.8. The number of esters is 1. The van der Waals surface area contributed by atoms with Gasteiger partial charge in [0.25, 0.3) is 8.32 Å². The summed E-state index contributed by atoms with van der Waals surface area (Å²) in [5.74, 6) is -0.331. The lowest BCUT2D eigenvalue weighted by molar-refractivity contribution is -0.140. The minimum Gasteiger partial charge on any atom is -0.461 e. The number of hydrogen-bond acceptors (Lipinski definition) is 4. The van der Waals surface area contributed by atoms with Crippen molar-refractivity contribution in [2.24, 2.45) is 0 Å². The van der Waals surface area contributed by atoms with Gasteiger partial charge < -0.3 is 14.3 Å². The predicted octanol–water partition coefficient (Wildman–Crippen LogP) is 4.21. The third-order valence-corrected chi connectivity index (χ3v) is 10.5. The van der Waals surface area contributed by atoms with Crippen LogP contribution in [0.15, 0.2) is 72.8 Å². The molecule has 0 radical (unpaired) electrons. The summed E-state index contributed by atoms with van der Waals surface area (Å²) in [7, 11) is -2.70. The molecule has 4 nitrogen and oxygen atoms in total. The first kappa shape index (κ1) is 25.1. The van der Waals surface area contributed by atoms with Gasteiger partial charge in [-0.3, -0.25) is 4.79 Å². The van der Waals surface area contributed by atoms with E-state index in [4.69, 9.17) is 9.16 Å². The largest absolute Gasteiger partial charge is 0.461 e. The summed E-state index contributed by atoms with van der Waals surface area (Å²) in [6.07, 6.45) is 1.04. The molecule has 1 atom stereocenters. The van der Waals surface area contributed by atoms with E-state index in [1.54, 1.807) is 6.92 Å². The molecule has 1 unspecified atom stereocenters. The first-order valence-electron chi connectivity index (χ1n) is 10.8. The van der Waals surface area contributed by atoms with Crippen LogP contribution in [0.2, 0.25) is 5.04 Å². The van der Waals surface area contributed by atoms with Crippen molar-refractivity contribution < 1.29 is 19.1 Å². The van der Waals surface area contributed by atoms with E-state index in [2.05, 4.69) is 51.6 Å². The molecule has 0 aliphatic carbocycles. The van der Waals surface area contributed by atoms with Crippen LogP contribution in [0.1, 0.15) is 47.5 Å². The molecular weight excluding hydrogens is 404 g/mol. The molecule has 168 valence electrons. The van der Waals surface area contributed by atoms with Crippen LogP contribution in [-0.4, -0.2) is 38.2 Å². The molecule has 31 heavy (non-hydrogen) atoms. The van der Waals surface area contributed by atoms with Crippen molar-refractivity contribution in [3.05, 3.63) is 72.8 Å². The summed E-state index contributed by atoms with van der Waals surface area (Å²) in [6.45, 7) is 14.2. The van der Waals surface area contributed by atoms with E-state index in [1.807, 2.05) is 36.4 Å². The van der Waals surface area contributed by atoms with Gasteiger partial charge in [0.15, 0.2) is 0 Å². The Balaban J connectivity index is 2.28. The topological polar surface area (TPSA) is 55.8 Å². The summed E-state index contributed by atoms with van der Waals surface area (Å²) < 4.78 is 11.8. The van der Waals surface area contributed by atoms with E-state index in [0.717, 1.165) is 5.57 Å². The summed E-state index contributed by atoms with van der Waals surface area (Å²) in [5.41, 5.74) is -0.257. The Morgan fingerprint density at radius 3 is 1.87 bits per heavy atom. The Hall–Kier alpha value is -2.21. The summed E-state index contributed by atoms with van der Waals surface area (Å²) in [4.78, 5) is 11.0. The smallest absolute Gasteiger partial charge is 0.302 e. The zero-order chi connectivity index (χ0) is 23.1. The second kappa shape index (κ2) is 10.4. The second-order valence-electron chi connectivity index (χ2n) is 9.48. The van der Waals surface area contributed by atoms with Gasteiger partial charge in [0, 0.05) is 6.92 Å². The quantitative estimate of drug-likeness (QED) is 0.342. The number of carbonyl (C=O) groups is 1. The van der Waals surface area contributed by atoms with Crippen molar-refractivity contribution >= 4 is 24.7 Å². The van der Waals surface area contributed by atoms with Crippen molar-refractivity contribution in [1.82, 2.24) is 0 Å². The molecule has 2 aromatic rings. The highest BCUT2D eigenvalue weighted by atomic mass is 28.4. The molecule has 2 rings (SSSR count). The Bertz CT molecular complexity index is 814. The SMILES string of the molecule is C=C(CCC(C)(O)CO[Si](c1ccccc1)(c1ccccc1)C(C)(C)C)COC(C)=O. The molecule has 0 aliphatic rings. The van der Waals surface area contributed by atoms with Crippen molar-refractivity contribution in [3.63, 3.8) is 0 Å². The molecule has 1 N–H and O–H groups in total. The monoisotopic (exact) mass is 440 g/mol. The molecular formula is C26H36O4Si. The number of carbonyl (C=O) groups excluding carboxylic acids is 1. The van der Waals surface area contributed by atoms with E-state index in [1.165, 1.54) is 17.3 Å². The van der Waals surface area contributed by atoms with E-state index < -0.39 is 13.9 Å². The lowest BCUT2D eigenvalue weighted by atomic mass is 9.99. The van der Waals surface area contributed by atoms with E-state index in [9.17, 15) is 9.90 Å². The van der Waals surface area contributed by atoms with Gasteiger partial charge in [0.1, 0.15) is 6.61 Å². The van der Waals surface area contributed by atoms with Crippen LogP contribution in [0.3, 0.4) is 0 Å². The van der Waals surface area contributed by atoms with Gasteiger partial charge in [-0.05, 0) is 40.8 Å². The number of hydrogen-bond donors (Lipinski definition) is 1. The van der Waals surface area contributed by atoms with Gasteiger partial charge in [0.2, 0.25) is 0 Å². The molecule has 0 bridgehead atoms. The maximum absolute atomic E-state index is 11.1. The standard InChI is InChI=1S/C26H36O4Si/c1-21(19-29-22(2)27)17-18-26(6,28)20-30-31(25(3,4)5,23-13-9-7-10-14-23)24-15-11-8-12-16-24/h7-16,28H,1,17-20H2,2-6H3. The van der Waals surface area contributed by atoms with Gasteiger partial charge in [-0.25, -0.2) is 0 Å². The van der Waals surface area contributed by atoms with Crippen molar-refractivity contribution in [3.8, 4) is 0 Å². The molecule has 5 heteroatoms. The molecule has 0 saturated heterocycles. The van der Waals surface area contributed by atoms with Gasteiger partial charge >= 0.3 is 5.97 Å². The summed E-state index contributed by atoms with van der Waals surface area (Å²) >= 11 is 0. The zero-order valence-electron chi connectivity index (χ0n) is 19.5. The molecule has 0 aliphatic heterocycles. The van der Waals surface area contributed by atoms with Crippen LogP contribution in [0.4, 0.5) is 0 Å². The molecule has 0 amide bonds. The third kappa shape index (κ3) is 6.63. The molecule has 0 spiro atoms. The highest BCUT2D eigenvalue weighted by molar-refractivity contribution is 6.99. The normalized spacial score (nSPS) is 14.0. The lowest BCUT2D eigenvalue weighted by Crippen LogP contribution is -2.67. The number of aliphatic hydroxyl groups is 1.